The molecule has 1 unspecified atom stereocenters. The molecule has 72 valence electrons. The highest BCUT2D eigenvalue weighted by molar-refractivity contribution is 5.57. The molecule has 0 spiro atoms. The van der Waals surface area contributed by atoms with Crippen LogP contribution in [0.25, 0.3) is 0 Å². The number of terminal acetylenes is 1. The third kappa shape index (κ3) is 1.47. The van der Waals surface area contributed by atoms with Gasteiger partial charge >= 0.3 is 0 Å². The molecule has 0 aromatic heterocycles. The number of hydrogen-bond acceptors (Lipinski definition) is 2. The number of nitrogens with two attached hydrogens (primary N) is 1. The molecule has 1 aromatic rings. The van der Waals surface area contributed by atoms with Crippen molar-refractivity contribution in [1.82, 2.24) is 0 Å². The summed E-state index contributed by atoms with van der Waals surface area (Å²) in [6.45, 7) is 1.63. The van der Waals surface area contributed by atoms with Crippen LogP contribution in [0.15, 0.2) is 24.3 Å². The first-order chi connectivity index (χ1) is 6.83. The fourth-order valence-electron chi connectivity index (χ4n) is 1.93. The minimum absolute atomic E-state index is 0.167. The fraction of sp³-hybridized carbons (Fsp3) is 0.333. The molecule has 14 heavy (non-hydrogen) atoms. The molecule has 0 aliphatic carbocycles. The van der Waals surface area contributed by atoms with Crippen molar-refractivity contribution in [2.75, 3.05) is 18.0 Å². The Balaban J connectivity index is 2.37. The van der Waals surface area contributed by atoms with Gasteiger partial charge in [0.2, 0.25) is 0 Å². The second-order valence-corrected chi connectivity index (χ2v) is 3.58. The summed E-state index contributed by atoms with van der Waals surface area (Å²) in [4.78, 5) is 2.21. The molecule has 2 heteroatoms. The van der Waals surface area contributed by atoms with E-state index < -0.39 is 0 Å². The van der Waals surface area contributed by atoms with Gasteiger partial charge in [-0.15, -0.1) is 6.42 Å². The van der Waals surface area contributed by atoms with Crippen molar-refractivity contribution in [1.29, 1.82) is 0 Å². The van der Waals surface area contributed by atoms with E-state index in [-0.39, 0.29) is 6.04 Å². The minimum Gasteiger partial charge on any atom is -0.360 e. The maximum Gasteiger partial charge on any atom is 0.0791 e. The lowest BCUT2D eigenvalue weighted by molar-refractivity contribution is 0.606. The maximum absolute atomic E-state index is 6.03. The van der Waals surface area contributed by atoms with E-state index in [0.717, 1.165) is 13.0 Å². The van der Waals surface area contributed by atoms with E-state index >= 15 is 0 Å². The van der Waals surface area contributed by atoms with Gasteiger partial charge in [0.25, 0.3) is 0 Å². The lowest BCUT2D eigenvalue weighted by Crippen LogP contribution is -2.33. The van der Waals surface area contributed by atoms with Crippen LogP contribution < -0.4 is 10.6 Å². The number of rotatable bonds is 1. The van der Waals surface area contributed by atoms with Crippen molar-refractivity contribution in [2.45, 2.75) is 12.5 Å². The summed E-state index contributed by atoms with van der Waals surface area (Å²) in [6, 6.07) is 8.40. The molecule has 1 heterocycles. The Hall–Kier alpha value is -1.46. The van der Waals surface area contributed by atoms with Gasteiger partial charge in [-0.05, 0) is 18.1 Å². The number of fused-ring (bicyclic) bond motifs is 1. The molecular weight excluding hydrogens is 172 g/mol. The Bertz CT molecular complexity index is 365. The molecule has 0 saturated heterocycles. The highest BCUT2D eigenvalue weighted by Crippen LogP contribution is 2.31. The van der Waals surface area contributed by atoms with Gasteiger partial charge in [-0.2, -0.15) is 0 Å². The summed E-state index contributed by atoms with van der Waals surface area (Å²) in [5.74, 6) is 2.68. The molecule has 0 amide bonds. The van der Waals surface area contributed by atoms with Crippen LogP contribution in [0.1, 0.15) is 18.0 Å². The average molecular weight is 186 g/mol. The van der Waals surface area contributed by atoms with Crippen LogP contribution in [0.4, 0.5) is 5.69 Å². The lowest BCUT2D eigenvalue weighted by Gasteiger charge is -2.32. The zero-order valence-corrected chi connectivity index (χ0v) is 8.11. The lowest BCUT2D eigenvalue weighted by atomic mass is 9.97. The predicted molar refractivity (Wildman–Crippen MR) is 59.0 cm³/mol. The van der Waals surface area contributed by atoms with Gasteiger partial charge in [0, 0.05) is 18.3 Å². The molecule has 2 rings (SSSR count). The van der Waals surface area contributed by atoms with Gasteiger partial charge in [-0.1, -0.05) is 24.1 Å². The molecule has 2 nitrogen and oxygen atoms in total. The van der Waals surface area contributed by atoms with Gasteiger partial charge in [-0.3, -0.25) is 0 Å². The Labute approximate surface area is 84.7 Å². The highest BCUT2D eigenvalue weighted by atomic mass is 15.1. The number of benzene rings is 1. The first kappa shape index (κ1) is 9.11. The van der Waals surface area contributed by atoms with Crippen LogP contribution >= 0.6 is 0 Å². The van der Waals surface area contributed by atoms with Gasteiger partial charge in [0.1, 0.15) is 0 Å². The van der Waals surface area contributed by atoms with Crippen LogP contribution in [0.3, 0.4) is 0 Å². The van der Waals surface area contributed by atoms with Crippen molar-refractivity contribution in [2.24, 2.45) is 5.73 Å². The number of para-hydroxylation sites is 1. The van der Waals surface area contributed by atoms with Crippen molar-refractivity contribution >= 4 is 5.69 Å². The molecule has 0 fully saturated rings. The summed E-state index contributed by atoms with van der Waals surface area (Å²) >= 11 is 0. The average Bonchev–Trinajstić information content (AvgIpc) is 2.23. The van der Waals surface area contributed by atoms with E-state index in [0.29, 0.717) is 6.54 Å². The third-order valence-electron chi connectivity index (χ3n) is 2.67. The van der Waals surface area contributed by atoms with E-state index in [1.807, 2.05) is 12.1 Å². The van der Waals surface area contributed by atoms with Crippen LogP contribution in [0.2, 0.25) is 0 Å². The van der Waals surface area contributed by atoms with E-state index in [1.54, 1.807) is 0 Å². The zero-order valence-electron chi connectivity index (χ0n) is 8.11. The smallest absolute Gasteiger partial charge is 0.0791 e. The van der Waals surface area contributed by atoms with Gasteiger partial charge in [0.05, 0.1) is 6.54 Å². The van der Waals surface area contributed by atoms with Crippen LogP contribution in [-0.2, 0) is 0 Å². The Kier molecular flexibility index (Phi) is 2.43. The summed E-state index contributed by atoms with van der Waals surface area (Å²) < 4.78 is 0. The topological polar surface area (TPSA) is 29.3 Å². The monoisotopic (exact) mass is 186 g/mol. The number of hydrogen-bond donors (Lipinski definition) is 1. The minimum atomic E-state index is 0.167. The summed E-state index contributed by atoms with van der Waals surface area (Å²) in [7, 11) is 0. The zero-order chi connectivity index (χ0) is 9.97. The van der Waals surface area contributed by atoms with E-state index in [2.05, 4.69) is 23.0 Å². The van der Waals surface area contributed by atoms with Crippen LogP contribution in [-0.4, -0.2) is 13.1 Å². The Morgan fingerprint density at radius 3 is 3.07 bits per heavy atom. The first-order valence-corrected chi connectivity index (χ1v) is 4.86. The molecule has 1 aliphatic rings. The van der Waals surface area contributed by atoms with Crippen molar-refractivity contribution < 1.29 is 0 Å². The van der Waals surface area contributed by atoms with Gasteiger partial charge in [0.15, 0.2) is 0 Å². The Morgan fingerprint density at radius 2 is 2.29 bits per heavy atom. The standard InChI is InChI=1S/C12H14N2/c1-2-8-14-9-7-11(13)10-5-3-4-6-12(10)14/h1,3-6,11H,7-9,13H2. The van der Waals surface area contributed by atoms with Gasteiger partial charge in [-0.25, -0.2) is 0 Å². The SMILES string of the molecule is C#CCN1CCC(N)c2ccccc21. The summed E-state index contributed by atoms with van der Waals surface area (Å²) in [5.41, 5.74) is 8.44. The molecule has 1 atom stereocenters. The first-order valence-electron chi connectivity index (χ1n) is 4.86. The summed E-state index contributed by atoms with van der Waals surface area (Å²) in [6.07, 6.45) is 6.31. The van der Waals surface area contributed by atoms with Crippen LogP contribution in [0, 0.1) is 12.3 Å². The third-order valence-corrected chi connectivity index (χ3v) is 2.67. The summed E-state index contributed by atoms with van der Waals surface area (Å²) in [5, 5.41) is 0. The molecule has 2 N–H and O–H groups in total. The molecule has 1 aromatic carbocycles. The quantitative estimate of drug-likeness (QED) is 0.674. The van der Waals surface area contributed by atoms with E-state index in [4.69, 9.17) is 12.2 Å². The predicted octanol–water partition coefficient (Wildman–Crippen LogP) is 1.53. The molecule has 1 aliphatic heterocycles. The van der Waals surface area contributed by atoms with Crippen molar-refractivity contribution in [3.05, 3.63) is 29.8 Å². The molecule has 0 bridgehead atoms. The van der Waals surface area contributed by atoms with E-state index in [9.17, 15) is 0 Å². The van der Waals surface area contributed by atoms with E-state index in [1.165, 1.54) is 11.3 Å². The van der Waals surface area contributed by atoms with Crippen molar-refractivity contribution in [3.8, 4) is 12.3 Å². The second kappa shape index (κ2) is 3.73. The molecular formula is C12H14N2. The number of nitrogens with zero attached hydrogens (tertiary/aromatic N) is 1. The fourth-order valence-corrected chi connectivity index (χ4v) is 1.93. The highest BCUT2D eigenvalue weighted by Gasteiger charge is 2.20. The number of anilines is 1. The van der Waals surface area contributed by atoms with Crippen LogP contribution in [0.5, 0.6) is 0 Å². The Morgan fingerprint density at radius 1 is 1.50 bits per heavy atom. The molecule has 0 radical (unpaired) electrons. The van der Waals surface area contributed by atoms with Crippen molar-refractivity contribution in [3.63, 3.8) is 0 Å². The largest absolute Gasteiger partial charge is 0.360 e. The second-order valence-electron chi connectivity index (χ2n) is 3.58. The maximum atomic E-state index is 6.03. The molecule has 0 saturated carbocycles. The van der Waals surface area contributed by atoms with Gasteiger partial charge < -0.3 is 10.6 Å². The normalized spacial score (nSPS) is 20.0.